The molecule has 2 aromatic carbocycles. The molecule has 5 rings (SSSR count). The smallest absolute Gasteiger partial charge is 0.276 e. The number of benzene rings is 2. The molecule has 364 valence electrons. The summed E-state index contributed by atoms with van der Waals surface area (Å²) in [5.41, 5.74) is 20.5. The predicted octanol–water partition coefficient (Wildman–Crippen LogP) is 4.26. The van der Waals surface area contributed by atoms with Crippen molar-refractivity contribution in [2.45, 2.75) is 68.1 Å². The van der Waals surface area contributed by atoms with Crippen LogP contribution in [0.15, 0.2) is 71.4 Å². The fourth-order valence-electron chi connectivity index (χ4n) is 6.85. The zero-order chi connectivity index (χ0) is 50.1. The molecule has 8 N–H and O–H groups in total. The molecular formula is C47H64N14O7. The maximum absolute atomic E-state index is 13.8. The third-order valence-electron chi connectivity index (χ3n) is 10.3. The van der Waals surface area contributed by atoms with Gasteiger partial charge in [0.05, 0.1) is 23.8 Å². The number of hydrogen-bond donors (Lipinski definition) is 5. The number of likely N-dealkylation sites (N-methyl/N-ethyl adjacent to an activating group) is 1. The van der Waals surface area contributed by atoms with E-state index in [2.05, 4.69) is 30.6 Å². The fourth-order valence-corrected chi connectivity index (χ4v) is 6.85. The molecule has 21 nitrogen and oxygen atoms in total. The molecule has 0 aliphatic carbocycles. The van der Waals surface area contributed by atoms with Crippen molar-refractivity contribution < 1.29 is 33.4 Å². The number of nitrogens with zero attached hydrogens (tertiary/aromatic N) is 9. The lowest BCUT2D eigenvalue weighted by molar-refractivity contribution is -0.117. The maximum Gasteiger partial charge on any atom is 0.276 e. The zero-order valence-electron chi connectivity index (χ0n) is 40.3. The van der Waals surface area contributed by atoms with Crippen LogP contribution in [0.3, 0.4) is 0 Å². The van der Waals surface area contributed by atoms with Crippen LogP contribution >= 0.6 is 0 Å². The highest BCUT2D eigenvalue weighted by Gasteiger charge is 2.23. The normalized spacial score (nSPS) is 11.9. The van der Waals surface area contributed by atoms with Crippen LogP contribution < -0.4 is 37.3 Å². The van der Waals surface area contributed by atoms with Crippen molar-refractivity contribution in [1.29, 1.82) is 0 Å². The minimum atomic E-state index is -0.713. The molecule has 0 fully saturated rings. The first-order valence-electron chi connectivity index (χ1n) is 22.3. The highest BCUT2D eigenvalue weighted by atomic mass is 16.5. The van der Waals surface area contributed by atoms with Crippen molar-refractivity contribution in [3.05, 3.63) is 88.9 Å². The Morgan fingerprint density at radius 3 is 1.94 bits per heavy atom. The van der Waals surface area contributed by atoms with E-state index in [1.165, 1.54) is 37.5 Å². The van der Waals surface area contributed by atoms with E-state index in [4.69, 9.17) is 31.7 Å². The van der Waals surface area contributed by atoms with Crippen LogP contribution in [0.5, 0.6) is 11.5 Å². The summed E-state index contributed by atoms with van der Waals surface area (Å²) >= 11 is 0. The Morgan fingerprint density at radius 1 is 0.824 bits per heavy atom. The van der Waals surface area contributed by atoms with Crippen molar-refractivity contribution in [3.8, 4) is 11.5 Å². The SMILES string of the molecule is CC.CCN=C(/C=C(/C)N)C(=O)Nc1nc2cc(C(N)=O)cc(OC)c2n1C/C=C/Cn1c(NC(=O)c2cc(C)nn2CC)nc2cc(C(N)=O)cc(OC/C=C/CN(C=O)CCN(C)CC)c21. The first-order valence-corrected chi connectivity index (χ1v) is 22.3. The van der Waals surface area contributed by atoms with Gasteiger partial charge in [0.2, 0.25) is 30.1 Å². The Hall–Kier alpha value is -7.81. The Kier molecular flexibility index (Phi) is 19.6. The van der Waals surface area contributed by atoms with E-state index >= 15 is 0 Å². The number of hydrogen-bond acceptors (Lipinski definition) is 13. The number of aliphatic imine (C=N–C) groups is 1. The highest BCUT2D eigenvalue weighted by molar-refractivity contribution is 6.47. The summed E-state index contributed by atoms with van der Waals surface area (Å²) in [5.74, 6) is -1.67. The lowest BCUT2D eigenvalue weighted by Gasteiger charge is -2.19. The Balaban J connectivity index is 0.00000497. The molecule has 0 aliphatic rings. The number of anilines is 2. The molecule has 5 amide bonds. The van der Waals surface area contributed by atoms with Crippen LogP contribution in [0.1, 0.15) is 78.4 Å². The number of primary amides is 2. The first kappa shape index (κ1) is 52.8. The average Bonchev–Trinajstić information content (AvgIpc) is 3.99. The summed E-state index contributed by atoms with van der Waals surface area (Å²) in [7, 11) is 3.42. The van der Waals surface area contributed by atoms with Crippen molar-refractivity contribution in [1.82, 2.24) is 38.7 Å². The van der Waals surface area contributed by atoms with Crippen molar-refractivity contribution in [2.24, 2.45) is 22.2 Å². The molecule has 0 saturated carbocycles. The van der Waals surface area contributed by atoms with Gasteiger partial charge in [-0.25, -0.2) is 9.97 Å². The largest absolute Gasteiger partial charge is 0.494 e. The molecule has 0 spiro atoms. The number of nitrogens with two attached hydrogens (primary N) is 3. The summed E-state index contributed by atoms with van der Waals surface area (Å²) < 4.78 is 16.9. The van der Waals surface area contributed by atoms with Crippen LogP contribution in [0, 0.1) is 6.92 Å². The number of methoxy groups -OCH3 is 1. The van der Waals surface area contributed by atoms with Gasteiger partial charge in [-0.15, -0.1) is 0 Å². The summed E-state index contributed by atoms with van der Waals surface area (Å²) in [4.78, 5) is 81.4. The van der Waals surface area contributed by atoms with E-state index in [0.29, 0.717) is 65.3 Å². The Bertz CT molecular complexity index is 2720. The molecule has 21 heteroatoms. The van der Waals surface area contributed by atoms with Crippen LogP contribution in [-0.2, 0) is 29.2 Å². The number of nitrogens with one attached hydrogen (secondary N) is 2. The van der Waals surface area contributed by atoms with Crippen LogP contribution in [0.25, 0.3) is 22.1 Å². The third kappa shape index (κ3) is 13.4. The topological polar surface area (TPSA) is 278 Å². The van der Waals surface area contributed by atoms with E-state index in [9.17, 15) is 24.0 Å². The second-order valence-corrected chi connectivity index (χ2v) is 15.1. The van der Waals surface area contributed by atoms with Gasteiger partial charge >= 0.3 is 0 Å². The van der Waals surface area contributed by atoms with Crippen LogP contribution in [-0.4, -0.2) is 128 Å². The maximum atomic E-state index is 13.8. The van der Waals surface area contributed by atoms with Gasteiger partial charge in [0.1, 0.15) is 40.5 Å². The van der Waals surface area contributed by atoms with Gasteiger partial charge in [0.25, 0.3) is 11.8 Å². The van der Waals surface area contributed by atoms with Gasteiger partial charge in [0.15, 0.2) is 0 Å². The Labute approximate surface area is 395 Å². The van der Waals surface area contributed by atoms with Gasteiger partial charge < -0.3 is 45.6 Å². The summed E-state index contributed by atoms with van der Waals surface area (Å²) in [5, 5.41) is 10.2. The van der Waals surface area contributed by atoms with E-state index in [1.807, 2.05) is 40.8 Å². The predicted molar refractivity (Wildman–Crippen MR) is 264 cm³/mol. The lowest BCUT2D eigenvalue weighted by Crippen LogP contribution is -2.32. The van der Waals surface area contributed by atoms with Crippen LogP contribution in [0.4, 0.5) is 11.9 Å². The molecule has 0 aliphatic heterocycles. The number of aryl methyl sites for hydroxylation is 2. The minimum Gasteiger partial charge on any atom is -0.494 e. The standard InChI is InChI=1S/C45H58N14O7.C2H6/c1-8-49-34(21-28(4)46)42(63)52-44-50-32-23-30(40(47)61)25-36(65-7)38(32)57(44)16-11-12-17-58-39-33(51-45(58)53-43(64)35-22-29(5)54-59(35)10-3)24-31(41(48)62)26-37(39)66-20-14-13-15-56(27-60)19-18-55(6)9-2;1-2/h11-14,21-27H,8-10,15-20,46H2,1-7H3,(H2,47,61)(H2,48,62)(H,50,52,63)(H,51,53,64);1-2H3/b12-11+,14-13+,28-21-,49-34?;. The van der Waals surface area contributed by atoms with Gasteiger partial charge in [-0.05, 0) is 83.8 Å². The second-order valence-electron chi connectivity index (χ2n) is 15.1. The summed E-state index contributed by atoms with van der Waals surface area (Å²) in [6.07, 6.45) is 9.43. The summed E-state index contributed by atoms with van der Waals surface area (Å²) in [6, 6.07) is 7.69. The van der Waals surface area contributed by atoms with Crippen molar-refractivity contribution in [3.63, 3.8) is 0 Å². The molecule has 3 heterocycles. The fraction of sp³-hybridized carbons (Fsp3) is 0.383. The van der Waals surface area contributed by atoms with E-state index in [-0.39, 0.29) is 59.9 Å². The number of amides is 5. The molecule has 0 bridgehead atoms. The molecule has 0 radical (unpaired) electrons. The number of fused-ring (bicyclic) bond motifs is 2. The summed E-state index contributed by atoms with van der Waals surface area (Å²) in [6.45, 7) is 16.7. The molecule has 0 saturated heterocycles. The number of aromatic nitrogens is 6. The average molecular weight is 937 g/mol. The molecule has 0 atom stereocenters. The molecular weight excluding hydrogens is 873 g/mol. The minimum absolute atomic E-state index is 0.0589. The molecule has 3 aromatic heterocycles. The van der Waals surface area contributed by atoms with Crippen molar-refractivity contribution >= 4 is 69.7 Å². The lowest BCUT2D eigenvalue weighted by atomic mass is 10.1. The number of imidazole rings is 2. The Morgan fingerprint density at radius 2 is 1.41 bits per heavy atom. The zero-order valence-corrected chi connectivity index (χ0v) is 40.3. The van der Waals surface area contributed by atoms with Gasteiger partial charge in [-0.2, -0.15) is 5.10 Å². The molecule has 68 heavy (non-hydrogen) atoms. The van der Waals surface area contributed by atoms with Gasteiger partial charge in [-0.3, -0.25) is 44.3 Å². The van der Waals surface area contributed by atoms with E-state index in [0.717, 1.165) is 19.5 Å². The van der Waals surface area contributed by atoms with E-state index < -0.39 is 23.6 Å². The van der Waals surface area contributed by atoms with Gasteiger partial charge in [0, 0.05) is 62.6 Å². The number of ether oxygens (including phenoxy) is 2. The number of allylic oxidation sites excluding steroid dienone is 3. The first-order chi connectivity index (χ1) is 32.6. The number of carbonyl (C=O) groups is 5. The second kappa shape index (κ2) is 25.2. The molecule has 0 unspecified atom stereocenters. The quantitative estimate of drug-likeness (QED) is 0.0330. The molecule has 5 aromatic rings. The highest BCUT2D eigenvalue weighted by Crippen LogP contribution is 2.33. The van der Waals surface area contributed by atoms with Gasteiger partial charge in [-0.1, -0.05) is 39.0 Å². The monoisotopic (exact) mass is 937 g/mol. The number of carbonyl (C=O) groups excluding carboxylic acids is 5. The van der Waals surface area contributed by atoms with Crippen molar-refractivity contribution in [2.75, 3.05) is 64.1 Å². The van der Waals surface area contributed by atoms with E-state index in [1.54, 1.807) is 63.8 Å². The number of rotatable bonds is 24. The van der Waals surface area contributed by atoms with Crippen LogP contribution in [0.2, 0.25) is 0 Å². The third-order valence-corrected chi connectivity index (χ3v) is 10.3.